The fourth-order valence-electron chi connectivity index (χ4n) is 0.991. The molecule has 0 fully saturated rings. The second-order valence-corrected chi connectivity index (χ2v) is 3.64. The monoisotopic (exact) mass is 278 g/mol. The Labute approximate surface area is 107 Å². The molecule has 0 aromatic rings. The number of hydrogen-bond donors (Lipinski definition) is 4. The standard InChI is InChI=1S/C10H14O9/c11-5(1-3-7(13)14)9(17)19-10(18)6(12)2-4-8(15)16/h5-6,11-12H,1-4H2,(H,13,14)(H,15,16). The lowest BCUT2D eigenvalue weighted by molar-refractivity contribution is -0.171. The molecule has 0 spiro atoms. The first kappa shape index (κ1) is 17.0. The van der Waals surface area contributed by atoms with Crippen LogP contribution in [0.5, 0.6) is 0 Å². The Morgan fingerprint density at radius 2 is 1.11 bits per heavy atom. The number of ether oxygens (including phenoxy) is 1. The molecule has 9 nitrogen and oxygen atoms in total. The molecule has 0 aliphatic carbocycles. The minimum atomic E-state index is -1.80. The van der Waals surface area contributed by atoms with Crippen LogP contribution in [0.1, 0.15) is 25.7 Å². The Balaban J connectivity index is 4.12. The van der Waals surface area contributed by atoms with Gasteiger partial charge in [0.15, 0.2) is 12.2 Å². The molecule has 0 amide bonds. The number of aliphatic hydroxyl groups is 2. The highest BCUT2D eigenvalue weighted by Gasteiger charge is 2.25. The second kappa shape index (κ2) is 8.16. The lowest BCUT2D eigenvalue weighted by Gasteiger charge is -2.11. The number of esters is 2. The quantitative estimate of drug-likeness (QED) is 0.306. The lowest BCUT2D eigenvalue weighted by atomic mass is 10.2. The van der Waals surface area contributed by atoms with Crippen LogP contribution >= 0.6 is 0 Å². The fourth-order valence-corrected chi connectivity index (χ4v) is 0.991. The van der Waals surface area contributed by atoms with Crippen molar-refractivity contribution in [2.45, 2.75) is 37.9 Å². The zero-order chi connectivity index (χ0) is 15.0. The van der Waals surface area contributed by atoms with E-state index in [-0.39, 0.29) is 0 Å². The molecule has 0 saturated heterocycles. The van der Waals surface area contributed by atoms with Crippen LogP contribution in [0.3, 0.4) is 0 Å². The number of carbonyl (C=O) groups excluding carboxylic acids is 2. The summed E-state index contributed by atoms with van der Waals surface area (Å²) < 4.78 is 4.07. The van der Waals surface area contributed by atoms with E-state index in [9.17, 15) is 19.2 Å². The smallest absolute Gasteiger partial charge is 0.342 e. The van der Waals surface area contributed by atoms with Gasteiger partial charge in [0.25, 0.3) is 0 Å². The minimum Gasteiger partial charge on any atom is -0.481 e. The maximum Gasteiger partial charge on any atom is 0.342 e. The highest BCUT2D eigenvalue weighted by atomic mass is 16.6. The van der Waals surface area contributed by atoms with Crippen molar-refractivity contribution in [3.05, 3.63) is 0 Å². The third-order valence-electron chi connectivity index (χ3n) is 2.01. The van der Waals surface area contributed by atoms with Gasteiger partial charge in [-0.1, -0.05) is 0 Å². The van der Waals surface area contributed by atoms with E-state index in [0.717, 1.165) is 0 Å². The Morgan fingerprint density at radius 3 is 1.37 bits per heavy atom. The summed E-state index contributed by atoms with van der Waals surface area (Å²) in [7, 11) is 0. The van der Waals surface area contributed by atoms with Crippen LogP contribution in [0.25, 0.3) is 0 Å². The van der Waals surface area contributed by atoms with Crippen molar-refractivity contribution in [3.63, 3.8) is 0 Å². The van der Waals surface area contributed by atoms with Gasteiger partial charge in [0, 0.05) is 12.8 Å². The summed E-state index contributed by atoms with van der Waals surface area (Å²) in [6.07, 6.45) is -5.46. The summed E-state index contributed by atoms with van der Waals surface area (Å²) in [6.45, 7) is 0. The van der Waals surface area contributed by atoms with Crippen molar-refractivity contribution in [2.24, 2.45) is 0 Å². The largest absolute Gasteiger partial charge is 0.481 e. The van der Waals surface area contributed by atoms with Gasteiger partial charge >= 0.3 is 23.9 Å². The molecule has 9 heteroatoms. The van der Waals surface area contributed by atoms with Crippen molar-refractivity contribution in [3.8, 4) is 0 Å². The third kappa shape index (κ3) is 7.84. The van der Waals surface area contributed by atoms with Crippen molar-refractivity contribution in [1.29, 1.82) is 0 Å². The average Bonchev–Trinajstić information content (AvgIpc) is 2.32. The molecule has 2 atom stereocenters. The predicted octanol–water partition coefficient (Wildman–Crippen LogP) is -1.49. The number of rotatable bonds is 8. The molecule has 0 radical (unpaired) electrons. The number of carbonyl (C=O) groups is 4. The first-order valence-electron chi connectivity index (χ1n) is 5.29. The fraction of sp³-hybridized carbons (Fsp3) is 0.600. The molecule has 0 aliphatic heterocycles. The van der Waals surface area contributed by atoms with Gasteiger partial charge in [0.1, 0.15) is 0 Å². The predicted molar refractivity (Wildman–Crippen MR) is 56.9 cm³/mol. The minimum absolute atomic E-state index is 0.438. The molecule has 2 unspecified atom stereocenters. The van der Waals surface area contributed by atoms with Crippen LogP contribution in [-0.2, 0) is 23.9 Å². The number of carboxylic acids is 2. The molecular formula is C10H14O9. The molecule has 0 bridgehead atoms. The molecule has 19 heavy (non-hydrogen) atoms. The first-order valence-corrected chi connectivity index (χ1v) is 5.29. The Bertz CT molecular complexity index is 328. The molecular weight excluding hydrogens is 264 g/mol. The number of aliphatic hydroxyl groups excluding tert-OH is 2. The van der Waals surface area contributed by atoms with Gasteiger partial charge in [0.05, 0.1) is 0 Å². The Hall–Kier alpha value is -2.00. The van der Waals surface area contributed by atoms with Gasteiger partial charge in [-0.2, -0.15) is 0 Å². The summed E-state index contributed by atoms with van der Waals surface area (Å²) in [4.78, 5) is 42.6. The molecule has 4 N–H and O–H groups in total. The van der Waals surface area contributed by atoms with E-state index in [1.807, 2.05) is 0 Å². The second-order valence-electron chi connectivity index (χ2n) is 3.64. The van der Waals surface area contributed by atoms with E-state index >= 15 is 0 Å². The molecule has 0 heterocycles. The molecule has 0 aromatic carbocycles. The van der Waals surface area contributed by atoms with Crippen molar-refractivity contribution < 1.29 is 44.3 Å². The van der Waals surface area contributed by atoms with Gasteiger partial charge in [-0.15, -0.1) is 0 Å². The van der Waals surface area contributed by atoms with E-state index in [0.29, 0.717) is 0 Å². The van der Waals surface area contributed by atoms with Crippen molar-refractivity contribution in [1.82, 2.24) is 0 Å². The normalized spacial score (nSPS) is 13.4. The van der Waals surface area contributed by atoms with E-state index in [1.54, 1.807) is 0 Å². The number of aliphatic carboxylic acids is 2. The first-order chi connectivity index (χ1) is 8.73. The summed E-state index contributed by atoms with van der Waals surface area (Å²) in [6, 6.07) is 0. The van der Waals surface area contributed by atoms with Crippen LogP contribution in [-0.4, -0.2) is 56.5 Å². The van der Waals surface area contributed by atoms with Crippen LogP contribution in [0, 0.1) is 0 Å². The highest BCUT2D eigenvalue weighted by molar-refractivity contribution is 5.90. The zero-order valence-corrected chi connectivity index (χ0v) is 9.81. The van der Waals surface area contributed by atoms with E-state index < -0.39 is 61.8 Å². The summed E-state index contributed by atoms with van der Waals surface area (Å²) in [5.41, 5.74) is 0. The molecule has 0 aliphatic rings. The number of hydrogen-bond acceptors (Lipinski definition) is 7. The van der Waals surface area contributed by atoms with Crippen LogP contribution in [0.2, 0.25) is 0 Å². The topological polar surface area (TPSA) is 158 Å². The van der Waals surface area contributed by atoms with Gasteiger partial charge in [-0.3, -0.25) is 9.59 Å². The maximum atomic E-state index is 11.1. The van der Waals surface area contributed by atoms with Crippen molar-refractivity contribution >= 4 is 23.9 Å². The molecule has 0 aromatic heterocycles. The van der Waals surface area contributed by atoms with Gasteiger partial charge in [-0.25, -0.2) is 9.59 Å². The van der Waals surface area contributed by atoms with Crippen LogP contribution in [0.15, 0.2) is 0 Å². The average molecular weight is 278 g/mol. The molecule has 0 saturated carbocycles. The van der Waals surface area contributed by atoms with Gasteiger partial charge in [0.2, 0.25) is 0 Å². The van der Waals surface area contributed by atoms with Crippen LogP contribution in [0.4, 0.5) is 0 Å². The Kier molecular flexibility index (Phi) is 7.30. The lowest BCUT2D eigenvalue weighted by Crippen LogP contribution is -2.32. The Morgan fingerprint density at radius 1 is 0.789 bits per heavy atom. The SMILES string of the molecule is O=C(O)CCC(O)C(=O)OC(=O)C(O)CCC(=O)O. The summed E-state index contributed by atoms with van der Waals surface area (Å²) in [5.74, 6) is -5.25. The van der Waals surface area contributed by atoms with E-state index in [1.165, 1.54) is 0 Å². The van der Waals surface area contributed by atoms with Gasteiger partial charge in [-0.05, 0) is 12.8 Å². The number of carboxylic acid groups (broad SMARTS) is 2. The van der Waals surface area contributed by atoms with E-state index in [2.05, 4.69) is 4.74 Å². The summed E-state index contributed by atoms with van der Waals surface area (Å²) in [5, 5.41) is 34.9. The molecule has 108 valence electrons. The van der Waals surface area contributed by atoms with Crippen molar-refractivity contribution in [2.75, 3.05) is 0 Å². The summed E-state index contributed by atoms with van der Waals surface area (Å²) >= 11 is 0. The van der Waals surface area contributed by atoms with Gasteiger partial charge < -0.3 is 25.2 Å². The van der Waals surface area contributed by atoms with Crippen LogP contribution < -0.4 is 0 Å². The van der Waals surface area contributed by atoms with E-state index in [4.69, 9.17) is 20.4 Å². The zero-order valence-electron chi connectivity index (χ0n) is 9.81. The molecule has 0 rings (SSSR count). The highest BCUT2D eigenvalue weighted by Crippen LogP contribution is 2.04. The maximum absolute atomic E-state index is 11.1. The third-order valence-corrected chi connectivity index (χ3v) is 2.01.